The number of ether oxygens (including phenoxy) is 1. The summed E-state index contributed by atoms with van der Waals surface area (Å²) >= 11 is 17.5. The van der Waals surface area contributed by atoms with Crippen LogP contribution in [0.2, 0.25) is 15.1 Å². The van der Waals surface area contributed by atoms with E-state index in [1.807, 2.05) is 0 Å². The van der Waals surface area contributed by atoms with Gasteiger partial charge >= 0.3 is 6.09 Å². The Bertz CT molecular complexity index is 796. The van der Waals surface area contributed by atoms with Gasteiger partial charge in [0, 0.05) is 17.7 Å². The van der Waals surface area contributed by atoms with Crippen LogP contribution in [-0.2, 0) is 0 Å². The fraction of sp³-hybridized carbons (Fsp3) is 0.0714. The molecule has 1 amide bonds. The van der Waals surface area contributed by atoms with Crippen LogP contribution < -0.4 is 10.1 Å². The van der Waals surface area contributed by atoms with E-state index in [4.69, 9.17) is 39.5 Å². The van der Waals surface area contributed by atoms with Crippen LogP contribution >= 0.6 is 34.8 Å². The van der Waals surface area contributed by atoms with Gasteiger partial charge in [0.25, 0.3) is 5.69 Å². The van der Waals surface area contributed by atoms with Crippen molar-refractivity contribution in [2.45, 2.75) is 6.92 Å². The van der Waals surface area contributed by atoms with Gasteiger partial charge in [-0.05, 0) is 19.1 Å². The van der Waals surface area contributed by atoms with Gasteiger partial charge in [0.1, 0.15) is 0 Å². The Balaban J connectivity index is 2.16. The van der Waals surface area contributed by atoms with E-state index in [0.717, 1.165) is 0 Å². The Morgan fingerprint density at radius 2 is 1.78 bits per heavy atom. The predicted molar refractivity (Wildman–Crippen MR) is 89.0 cm³/mol. The molecule has 23 heavy (non-hydrogen) atoms. The summed E-state index contributed by atoms with van der Waals surface area (Å²) < 4.78 is 5.02. The average molecular weight is 376 g/mol. The van der Waals surface area contributed by atoms with Gasteiger partial charge < -0.3 is 4.74 Å². The normalized spacial score (nSPS) is 10.3. The van der Waals surface area contributed by atoms with E-state index in [2.05, 4.69) is 5.32 Å². The first-order chi connectivity index (χ1) is 10.8. The number of nitro groups is 1. The number of nitrogens with zero attached hydrogens (tertiary/aromatic N) is 1. The van der Waals surface area contributed by atoms with Gasteiger partial charge in [-0.15, -0.1) is 0 Å². The number of halogens is 3. The van der Waals surface area contributed by atoms with Crippen LogP contribution in [0.3, 0.4) is 0 Å². The first kappa shape index (κ1) is 17.3. The van der Waals surface area contributed by atoms with Crippen molar-refractivity contribution >= 4 is 52.3 Å². The highest BCUT2D eigenvalue weighted by atomic mass is 35.5. The van der Waals surface area contributed by atoms with E-state index in [0.29, 0.717) is 5.56 Å². The maximum atomic E-state index is 11.9. The molecule has 0 spiro atoms. The first-order valence-corrected chi connectivity index (χ1v) is 7.29. The second kappa shape index (κ2) is 7.04. The van der Waals surface area contributed by atoms with Crippen molar-refractivity contribution in [3.63, 3.8) is 0 Å². The lowest BCUT2D eigenvalue weighted by molar-refractivity contribution is -0.385. The molecule has 0 saturated carbocycles. The van der Waals surface area contributed by atoms with E-state index in [1.165, 1.54) is 30.3 Å². The monoisotopic (exact) mass is 374 g/mol. The van der Waals surface area contributed by atoms with Crippen molar-refractivity contribution < 1.29 is 14.5 Å². The number of benzene rings is 2. The van der Waals surface area contributed by atoms with Gasteiger partial charge in [-0.2, -0.15) is 0 Å². The smallest absolute Gasteiger partial charge is 0.408 e. The molecule has 1 N–H and O–H groups in total. The highest BCUT2D eigenvalue weighted by Crippen LogP contribution is 2.34. The lowest BCUT2D eigenvalue weighted by atomic mass is 10.2. The molecule has 2 aromatic rings. The lowest BCUT2D eigenvalue weighted by Crippen LogP contribution is -2.17. The molecular weight excluding hydrogens is 367 g/mol. The highest BCUT2D eigenvalue weighted by Gasteiger charge is 2.15. The Morgan fingerprint density at radius 1 is 1.13 bits per heavy atom. The number of hydrogen-bond donors (Lipinski definition) is 1. The molecule has 0 saturated heterocycles. The summed E-state index contributed by atoms with van der Waals surface area (Å²) in [4.78, 5) is 22.2. The van der Waals surface area contributed by atoms with Crippen molar-refractivity contribution in [3.8, 4) is 5.75 Å². The van der Waals surface area contributed by atoms with Crippen molar-refractivity contribution in [2.75, 3.05) is 5.32 Å². The van der Waals surface area contributed by atoms with Crippen molar-refractivity contribution in [1.82, 2.24) is 0 Å². The van der Waals surface area contributed by atoms with Crippen LogP contribution in [-0.4, -0.2) is 11.0 Å². The number of nitrogens with one attached hydrogen (secondary N) is 1. The van der Waals surface area contributed by atoms with E-state index in [1.54, 1.807) is 6.92 Å². The van der Waals surface area contributed by atoms with Gasteiger partial charge in [0.05, 0.1) is 25.7 Å². The number of nitro benzene ring substituents is 1. The number of hydrogen-bond acceptors (Lipinski definition) is 4. The molecule has 2 rings (SSSR count). The minimum atomic E-state index is -0.872. The molecule has 0 atom stereocenters. The van der Waals surface area contributed by atoms with Crippen LogP contribution in [0.5, 0.6) is 5.75 Å². The minimum Gasteiger partial charge on any atom is -0.408 e. The second-order valence-corrected chi connectivity index (χ2v) is 5.69. The van der Waals surface area contributed by atoms with E-state index in [-0.39, 0.29) is 32.2 Å². The summed E-state index contributed by atoms with van der Waals surface area (Å²) in [6, 6.07) is 6.89. The average Bonchev–Trinajstić information content (AvgIpc) is 2.46. The van der Waals surface area contributed by atoms with E-state index < -0.39 is 11.0 Å². The van der Waals surface area contributed by atoms with Crippen molar-refractivity contribution in [1.29, 1.82) is 0 Å². The maximum absolute atomic E-state index is 11.9. The predicted octanol–water partition coefficient (Wildman–Crippen LogP) is 5.47. The number of amides is 1. The summed E-state index contributed by atoms with van der Waals surface area (Å²) in [5, 5.41) is 13.7. The van der Waals surface area contributed by atoms with E-state index in [9.17, 15) is 14.9 Å². The van der Waals surface area contributed by atoms with Crippen LogP contribution in [0.1, 0.15) is 5.56 Å². The molecule has 0 aliphatic rings. The van der Waals surface area contributed by atoms with Gasteiger partial charge in [-0.3, -0.25) is 15.4 Å². The third-order valence-corrected chi connectivity index (χ3v) is 3.85. The number of aryl methyl sites for hydroxylation is 1. The molecule has 120 valence electrons. The maximum Gasteiger partial charge on any atom is 0.417 e. The Morgan fingerprint density at radius 3 is 2.43 bits per heavy atom. The van der Waals surface area contributed by atoms with Gasteiger partial charge in [0.2, 0.25) is 0 Å². The van der Waals surface area contributed by atoms with Crippen LogP contribution in [0, 0.1) is 17.0 Å². The third kappa shape index (κ3) is 4.25. The molecule has 2 aromatic carbocycles. The minimum absolute atomic E-state index is 0.0141. The van der Waals surface area contributed by atoms with Crippen LogP contribution in [0.4, 0.5) is 16.2 Å². The molecule has 0 aliphatic heterocycles. The Labute approximate surface area is 146 Å². The summed E-state index contributed by atoms with van der Waals surface area (Å²) in [5.74, 6) is 0.0141. The molecule has 6 nitrogen and oxygen atoms in total. The topological polar surface area (TPSA) is 81.5 Å². The van der Waals surface area contributed by atoms with E-state index >= 15 is 0 Å². The zero-order valence-corrected chi connectivity index (χ0v) is 13.9. The van der Waals surface area contributed by atoms with Gasteiger partial charge in [0.15, 0.2) is 5.75 Å². The third-order valence-electron chi connectivity index (χ3n) is 2.83. The summed E-state index contributed by atoms with van der Waals surface area (Å²) in [5.41, 5.74) is 0.570. The van der Waals surface area contributed by atoms with Crippen molar-refractivity contribution in [3.05, 3.63) is 61.1 Å². The molecule has 0 aromatic heterocycles. The first-order valence-electron chi connectivity index (χ1n) is 6.16. The zero-order chi connectivity index (χ0) is 17.1. The quantitative estimate of drug-likeness (QED) is 0.438. The molecule has 0 heterocycles. The zero-order valence-electron chi connectivity index (χ0n) is 11.6. The second-order valence-electron chi connectivity index (χ2n) is 4.47. The molecule has 0 bridgehead atoms. The fourth-order valence-electron chi connectivity index (χ4n) is 1.71. The van der Waals surface area contributed by atoms with Crippen molar-refractivity contribution in [2.24, 2.45) is 0 Å². The highest BCUT2D eigenvalue weighted by molar-refractivity contribution is 6.43. The molecule has 0 radical (unpaired) electrons. The molecule has 9 heteroatoms. The standard InChI is InChI=1S/C14H9Cl3N2O4/c1-7-2-3-8(4-12(7)19(21)22)18-14(20)23-13-6-10(16)9(15)5-11(13)17/h2-6H,1H3,(H,18,20). The number of rotatable bonds is 3. The molecule has 0 aliphatic carbocycles. The fourth-order valence-corrected chi connectivity index (χ4v) is 2.29. The lowest BCUT2D eigenvalue weighted by Gasteiger charge is -2.09. The Kier molecular flexibility index (Phi) is 5.30. The largest absolute Gasteiger partial charge is 0.417 e. The number of carbonyl (C=O) groups excluding carboxylic acids is 1. The number of carbonyl (C=O) groups is 1. The SMILES string of the molecule is Cc1ccc(NC(=O)Oc2cc(Cl)c(Cl)cc2Cl)cc1[N+](=O)[O-]. The van der Waals surface area contributed by atoms with Gasteiger partial charge in [-0.25, -0.2) is 4.79 Å². The summed E-state index contributed by atoms with van der Waals surface area (Å²) in [6.45, 7) is 1.59. The summed E-state index contributed by atoms with van der Waals surface area (Å²) in [7, 11) is 0. The molecule has 0 fully saturated rings. The molecular formula is C14H9Cl3N2O4. The number of anilines is 1. The van der Waals surface area contributed by atoms with Crippen LogP contribution in [0.25, 0.3) is 0 Å². The van der Waals surface area contributed by atoms with Crippen LogP contribution in [0.15, 0.2) is 30.3 Å². The Hall–Kier alpha value is -2.02. The summed E-state index contributed by atoms with van der Waals surface area (Å²) in [6.07, 6.45) is -0.872. The molecule has 0 unspecified atom stereocenters. The van der Waals surface area contributed by atoms with Gasteiger partial charge in [-0.1, -0.05) is 40.9 Å².